The summed E-state index contributed by atoms with van der Waals surface area (Å²) in [7, 11) is -4.15. The maximum atomic E-state index is 13.7. The highest BCUT2D eigenvalue weighted by Gasteiger charge is 2.22. The number of nitro groups is 1. The van der Waals surface area contributed by atoms with Crippen LogP contribution in [0.15, 0.2) is 27.2 Å². The van der Waals surface area contributed by atoms with E-state index in [1.165, 1.54) is 6.92 Å². The lowest BCUT2D eigenvalue weighted by atomic mass is 10.3. The molecule has 1 aromatic heterocycles. The van der Waals surface area contributed by atoms with Gasteiger partial charge < -0.3 is 4.98 Å². The number of H-pyrrole nitrogens is 1. The normalized spacial score (nSPS) is 11.3. The van der Waals surface area contributed by atoms with Gasteiger partial charge in [0.15, 0.2) is 10.0 Å². The van der Waals surface area contributed by atoms with Crippen LogP contribution in [0.25, 0.3) is 0 Å². The molecule has 0 saturated heterocycles. The number of aryl methyl sites for hydroxylation is 1. The number of nitrogens with one attached hydrogen (secondary N) is 2. The van der Waals surface area contributed by atoms with Gasteiger partial charge in [0.2, 0.25) is 0 Å². The Kier molecular flexibility index (Phi) is 3.78. The quantitative estimate of drug-likeness (QED) is 0.650. The van der Waals surface area contributed by atoms with Crippen LogP contribution < -0.4 is 9.60 Å². The minimum Gasteiger partial charge on any atom is -0.315 e. The summed E-state index contributed by atoms with van der Waals surface area (Å²) < 4.78 is 39.4. The predicted octanol–water partition coefficient (Wildman–Crippen LogP) is 1.59. The van der Waals surface area contributed by atoms with Gasteiger partial charge in [-0.25, -0.2) is 12.8 Å². The molecule has 2 aromatic rings. The Morgan fingerprint density at radius 3 is 2.57 bits per heavy atom. The molecule has 2 rings (SSSR count). The highest BCUT2D eigenvalue weighted by molar-refractivity contribution is 7.94. The van der Waals surface area contributed by atoms with Gasteiger partial charge in [0, 0.05) is 11.8 Å². The van der Waals surface area contributed by atoms with E-state index in [0.29, 0.717) is 17.4 Å². The molecule has 112 valence electrons. The van der Waals surface area contributed by atoms with E-state index in [0.717, 1.165) is 12.1 Å². The number of nitro benzene ring substituents is 1. The maximum absolute atomic E-state index is 13.7. The molecule has 0 spiro atoms. The molecule has 8 nitrogen and oxygen atoms in total. The summed E-state index contributed by atoms with van der Waals surface area (Å²) in [5, 5.41) is 10.5. The first-order valence-corrected chi connectivity index (χ1v) is 7.67. The van der Waals surface area contributed by atoms with Crippen LogP contribution in [-0.4, -0.2) is 18.3 Å². The third-order valence-electron chi connectivity index (χ3n) is 2.43. The molecule has 11 heteroatoms. The van der Waals surface area contributed by atoms with Gasteiger partial charge in [-0.3, -0.25) is 19.6 Å². The summed E-state index contributed by atoms with van der Waals surface area (Å²) in [6, 6.07) is 2.51. The molecule has 0 amide bonds. The minimum absolute atomic E-state index is 0.125. The molecule has 0 aliphatic heterocycles. The van der Waals surface area contributed by atoms with E-state index >= 15 is 0 Å². The maximum Gasteiger partial charge on any atom is 0.306 e. The zero-order chi connectivity index (χ0) is 15.8. The third-order valence-corrected chi connectivity index (χ3v) is 5.40. The Bertz CT molecular complexity index is 871. The number of aromatic amines is 1. The van der Waals surface area contributed by atoms with Crippen LogP contribution >= 0.6 is 11.3 Å². The zero-order valence-electron chi connectivity index (χ0n) is 10.4. The number of anilines is 1. The zero-order valence-corrected chi connectivity index (χ0v) is 12.0. The van der Waals surface area contributed by atoms with E-state index in [1.54, 1.807) is 0 Å². The van der Waals surface area contributed by atoms with Crippen LogP contribution in [0.5, 0.6) is 0 Å². The SMILES string of the molecule is Cc1[nH]c(=O)sc1S(=O)(=O)Nc1ccc([N+](=O)[O-])cc1F. The fraction of sp³-hybridized carbons (Fsp3) is 0.100. The van der Waals surface area contributed by atoms with Crippen LogP contribution in [0.2, 0.25) is 0 Å². The Labute approximate surface area is 121 Å². The lowest BCUT2D eigenvalue weighted by molar-refractivity contribution is -0.385. The summed E-state index contributed by atoms with van der Waals surface area (Å²) in [4.78, 5) is 22.5. The highest BCUT2D eigenvalue weighted by Crippen LogP contribution is 2.25. The topological polar surface area (TPSA) is 122 Å². The number of benzene rings is 1. The number of sulfonamides is 1. The summed E-state index contributed by atoms with van der Waals surface area (Å²) >= 11 is 0.462. The second kappa shape index (κ2) is 5.26. The van der Waals surface area contributed by atoms with Crippen molar-refractivity contribution in [3.8, 4) is 0 Å². The predicted molar refractivity (Wildman–Crippen MR) is 73.5 cm³/mol. The summed E-state index contributed by atoms with van der Waals surface area (Å²) in [6.45, 7) is 1.39. The van der Waals surface area contributed by atoms with Crippen LogP contribution in [0.4, 0.5) is 15.8 Å². The molecule has 0 saturated carbocycles. The standard InChI is InChI=1S/C10H8FN3O5S2/c1-5-9(20-10(15)12-5)21(18,19)13-8-3-2-6(14(16)17)4-7(8)11/h2-4,13H,1H3,(H,12,15). The van der Waals surface area contributed by atoms with Gasteiger partial charge in [0.25, 0.3) is 15.7 Å². The number of aromatic nitrogens is 1. The Morgan fingerprint density at radius 2 is 2.10 bits per heavy atom. The molecule has 0 fully saturated rings. The van der Waals surface area contributed by atoms with Crippen LogP contribution in [0.3, 0.4) is 0 Å². The van der Waals surface area contributed by atoms with Crippen molar-refractivity contribution in [2.75, 3.05) is 4.72 Å². The average Bonchev–Trinajstić information content (AvgIpc) is 2.71. The fourth-order valence-electron chi connectivity index (χ4n) is 1.54. The smallest absolute Gasteiger partial charge is 0.306 e. The van der Waals surface area contributed by atoms with Crippen molar-refractivity contribution >= 4 is 32.7 Å². The van der Waals surface area contributed by atoms with Gasteiger partial charge in [0.1, 0.15) is 0 Å². The first-order valence-electron chi connectivity index (χ1n) is 5.37. The number of nitrogens with zero attached hydrogens (tertiary/aromatic N) is 1. The van der Waals surface area contributed by atoms with E-state index in [9.17, 15) is 27.7 Å². The summed E-state index contributed by atoms with van der Waals surface area (Å²) in [6.07, 6.45) is 0. The average molecular weight is 333 g/mol. The fourth-order valence-corrected chi connectivity index (χ4v) is 3.91. The molecule has 1 heterocycles. The lowest BCUT2D eigenvalue weighted by Gasteiger charge is -2.07. The van der Waals surface area contributed by atoms with Crippen molar-refractivity contribution in [1.29, 1.82) is 0 Å². The van der Waals surface area contributed by atoms with Gasteiger partial charge in [-0.05, 0) is 13.0 Å². The molecule has 2 N–H and O–H groups in total. The number of halogens is 1. The molecule has 1 aromatic carbocycles. The van der Waals surface area contributed by atoms with Crippen molar-refractivity contribution in [1.82, 2.24) is 4.98 Å². The highest BCUT2D eigenvalue weighted by atomic mass is 32.2. The van der Waals surface area contributed by atoms with Crippen molar-refractivity contribution in [2.45, 2.75) is 11.1 Å². The number of hydrogen-bond donors (Lipinski definition) is 2. The minimum atomic E-state index is -4.15. The van der Waals surface area contributed by atoms with Gasteiger partial charge in [-0.15, -0.1) is 0 Å². The van der Waals surface area contributed by atoms with Gasteiger partial charge in [0.05, 0.1) is 16.7 Å². The Balaban J connectivity index is 2.40. The summed E-state index contributed by atoms with van der Waals surface area (Å²) in [5.41, 5.74) is -0.821. The second-order valence-electron chi connectivity index (χ2n) is 3.95. The molecule has 0 radical (unpaired) electrons. The van der Waals surface area contributed by atoms with E-state index in [2.05, 4.69) is 4.98 Å². The largest absolute Gasteiger partial charge is 0.315 e. The molecule has 0 bridgehead atoms. The molecule has 21 heavy (non-hydrogen) atoms. The van der Waals surface area contributed by atoms with E-state index in [-0.39, 0.29) is 9.90 Å². The van der Waals surface area contributed by atoms with Gasteiger partial charge >= 0.3 is 4.87 Å². The Morgan fingerprint density at radius 1 is 1.43 bits per heavy atom. The van der Waals surface area contributed by atoms with Crippen LogP contribution in [0, 0.1) is 22.9 Å². The second-order valence-corrected chi connectivity index (χ2v) is 6.81. The number of non-ortho nitro benzene ring substituents is 1. The monoisotopic (exact) mass is 333 g/mol. The van der Waals surface area contributed by atoms with Crippen molar-refractivity contribution in [3.63, 3.8) is 0 Å². The third kappa shape index (κ3) is 3.08. The van der Waals surface area contributed by atoms with Gasteiger partial charge in [-0.1, -0.05) is 11.3 Å². The number of hydrogen-bond acceptors (Lipinski definition) is 6. The molecule has 0 aliphatic rings. The van der Waals surface area contributed by atoms with E-state index < -0.39 is 37.0 Å². The molecular weight excluding hydrogens is 325 g/mol. The van der Waals surface area contributed by atoms with E-state index in [1.807, 2.05) is 4.72 Å². The molecule has 0 unspecified atom stereocenters. The Hall–Kier alpha value is -2.27. The number of rotatable bonds is 4. The van der Waals surface area contributed by atoms with Crippen molar-refractivity contribution < 1.29 is 17.7 Å². The molecular formula is C10H8FN3O5S2. The van der Waals surface area contributed by atoms with Crippen LogP contribution in [-0.2, 0) is 10.0 Å². The first-order chi connectivity index (χ1) is 9.70. The van der Waals surface area contributed by atoms with Crippen molar-refractivity contribution in [2.24, 2.45) is 0 Å². The lowest BCUT2D eigenvalue weighted by Crippen LogP contribution is -2.13. The van der Waals surface area contributed by atoms with Gasteiger partial charge in [-0.2, -0.15) is 0 Å². The number of thiazole rings is 1. The molecule has 0 atom stereocenters. The van der Waals surface area contributed by atoms with Crippen molar-refractivity contribution in [3.05, 3.63) is 49.5 Å². The van der Waals surface area contributed by atoms with E-state index in [4.69, 9.17) is 0 Å². The summed E-state index contributed by atoms with van der Waals surface area (Å²) in [5.74, 6) is -1.09. The molecule has 0 aliphatic carbocycles. The first kappa shape index (κ1) is 15.1. The van der Waals surface area contributed by atoms with Crippen LogP contribution in [0.1, 0.15) is 5.69 Å².